The maximum atomic E-state index is 12.5. The number of ether oxygens (including phenoxy) is 2. The predicted octanol–water partition coefficient (Wildman–Crippen LogP) is 0.552. The van der Waals surface area contributed by atoms with E-state index in [1.807, 2.05) is 20.8 Å². The normalized spacial score (nSPS) is 33.1. The van der Waals surface area contributed by atoms with Crippen LogP contribution in [-0.2, 0) is 23.8 Å². The second-order valence-electron chi connectivity index (χ2n) is 6.54. The average molecular weight is 357 g/mol. The van der Waals surface area contributed by atoms with E-state index in [1.165, 1.54) is 12.1 Å². The molecule has 0 radical (unpaired) electrons. The first kappa shape index (κ1) is 17.8. The summed E-state index contributed by atoms with van der Waals surface area (Å²) in [6.07, 6.45) is -3.39. The Labute approximate surface area is 142 Å². The number of fused-ring (bicyclic) bond motifs is 2. The Balaban J connectivity index is 1.81. The third kappa shape index (κ3) is 3.49. The van der Waals surface area contributed by atoms with Crippen molar-refractivity contribution < 1.29 is 27.2 Å². The Bertz CT molecular complexity index is 674. The van der Waals surface area contributed by atoms with E-state index in [1.54, 1.807) is 12.1 Å². The van der Waals surface area contributed by atoms with E-state index < -0.39 is 34.7 Å². The van der Waals surface area contributed by atoms with Crippen molar-refractivity contribution in [1.29, 1.82) is 0 Å². The Morgan fingerprint density at radius 1 is 1.29 bits per heavy atom. The molecule has 8 heteroatoms. The molecule has 134 valence electrons. The lowest BCUT2D eigenvalue weighted by Gasteiger charge is -2.38. The monoisotopic (exact) mass is 357 g/mol. The summed E-state index contributed by atoms with van der Waals surface area (Å²) >= 11 is 0. The third-order valence-electron chi connectivity index (χ3n) is 4.18. The van der Waals surface area contributed by atoms with Gasteiger partial charge in [0.1, 0.15) is 12.2 Å². The first-order valence-electron chi connectivity index (χ1n) is 7.99. The molecule has 0 amide bonds. The van der Waals surface area contributed by atoms with E-state index in [2.05, 4.69) is 5.32 Å². The molecule has 3 rings (SSSR count). The Morgan fingerprint density at radius 2 is 1.96 bits per heavy atom. The van der Waals surface area contributed by atoms with Crippen LogP contribution in [0.25, 0.3) is 0 Å². The molecule has 2 bridgehead atoms. The van der Waals surface area contributed by atoms with Gasteiger partial charge in [0.25, 0.3) is 10.1 Å². The van der Waals surface area contributed by atoms with Crippen LogP contribution >= 0.6 is 0 Å². The van der Waals surface area contributed by atoms with Crippen molar-refractivity contribution in [3.63, 3.8) is 0 Å². The van der Waals surface area contributed by atoms with Crippen LogP contribution in [0.15, 0.2) is 29.2 Å². The van der Waals surface area contributed by atoms with Crippen molar-refractivity contribution >= 4 is 10.1 Å². The topological polar surface area (TPSA) is 94.1 Å². The lowest BCUT2D eigenvalue weighted by atomic mass is 9.97. The van der Waals surface area contributed by atoms with Crippen molar-refractivity contribution in [2.45, 2.75) is 62.4 Å². The molecule has 0 aliphatic carbocycles. The number of hydrogen-bond donors (Lipinski definition) is 2. The van der Waals surface area contributed by atoms with Crippen LogP contribution in [0.4, 0.5) is 0 Å². The van der Waals surface area contributed by atoms with Crippen molar-refractivity contribution in [2.24, 2.45) is 0 Å². The molecule has 2 aliphatic heterocycles. The molecule has 7 nitrogen and oxygen atoms in total. The summed E-state index contributed by atoms with van der Waals surface area (Å²) < 4.78 is 41.4. The van der Waals surface area contributed by atoms with E-state index in [4.69, 9.17) is 13.7 Å². The largest absolute Gasteiger partial charge is 0.388 e. The van der Waals surface area contributed by atoms with Crippen LogP contribution in [0.3, 0.4) is 0 Å². The molecule has 1 aromatic carbocycles. The van der Waals surface area contributed by atoms with Gasteiger partial charge in [-0.15, -0.1) is 0 Å². The maximum absolute atomic E-state index is 12.5. The highest BCUT2D eigenvalue weighted by Gasteiger charge is 2.52. The van der Waals surface area contributed by atoms with Gasteiger partial charge in [0.15, 0.2) is 12.4 Å². The van der Waals surface area contributed by atoms with E-state index in [0.29, 0.717) is 0 Å². The minimum Gasteiger partial charge on any atom is -0.388 e. The van der Waals surface area contributed by atoms with Gasteiger partial charge in [-0.1, -0.05) is 31.5 Å². The lowest BCUT2D eigenvalue weighted by molar-refractivity contribution is -0.193. The number of rotatable bonds is 5. The SMILES string of the molecule is Cc1ccc(S(=O)(=O)O[C@@H]2[C@H]3OC[C@H](O3)[C@H](NC(C)C)[C@H]2O)cc1. The first-order valence-corrected chi connectivity index (χ1v) is 9.40. The minimum atomic E-state index is -4.03. The predicted molar refractivity (Wildman–Crippen MR) is 85.9 cm³/mol. The highest BCUT2D eigenvalue weighted by molar-refractivity contribution is 7.86. The lowest BCUT2D eigenvalue weighted by Crippen LogP contribution is -2.61. The quantitative estimate of drug-likeness (QED) is 0.743. The molecule has 2 fully saturated rings. The minimum absolute atomic E-state index is 0.0359. The second kappa shape index (κ2) is 6.70. The van der Waals surface area contributed by atoms with Gasteiger partial charge in [0, 0.05) is 6.04 Å². The van der Waals surface area contributed by atoms with Gasteiger partial charge >= 0.3 is 0 Å². The fourth-order valence-corrected chi connectivity index (χ4v) is 4.06. The summed E-state index contributed by atoms with van der Waals surface area (Å²) in [6, 6.07) is 5.97. The summed E-state index contributed by atoms with van der Waals surface area (Å²) in [5.74, 6) is 0. The highest BCUT2D eigenvalue weighted by atomic mass is 32.2. The smallest absolute Gasteiger partial charge is 0.297 e. The average Bonchev–Trinajstić information content (AvgIpc) is 2.95. The van der Waals surface area contributed by atoms with Crippen LogP contribution in [0.2, 0.25) is 0 Å². The maximum Gasteiger partial charge on any atom is 0.297 e. The standard InChI is InChI=1S/C16H23NO6S/c1-9(2)17-13-12-8-21-16(22-12)15(14(13)18)23-24(19,20)11-6-4-10(3)5-7-11/h4-7,9,12-18H,8H2,1-3H3/t12-,13-,14+,15-,16-/m0/s1. The van der Waals surface area contributed by atoms with E-state index in [0.717, 1.165) is 5.56 Å². The summed E-state index contributed by atoms with van der Waals surface area (Å²) in [5, 5.41) is 13.8. The van der Waals surface area contributed by atoms with Crippen molar-refractivity contribution in [3.05, 3.63) is 29.8 Å². The third-order valence-corrected chi connectivity index (χ3v) is 5.51. The molecule has 2 heterocycles. The Kier molecular flexibility index (Phi) is 4.96. The van der Waals surface area contributed by atoms with E-state index in [-0.39, 0.29) is 23.6 Å². The number of aliphatic hydroxyl groups is 1. The molecular formula is C16H23NO6S. The number of aliphatic hydroxyl groups excluding tert-OH is 1. The zero-order chi connectivity index (χ0) is 17.5. The van der Waals surface area contributed by atoms with Gasteiger partial charge in [-0.05, 0) is 19.1 Å². The van der Waals surface area contributed by atoms with Crippen LogP contribution in [0.5, 0.6) is 0 Å². The number of aryl methyl sites for hydroxylation is 1. The van der Waals surface area contributed by atoms with Gasteiger partial charge in [-0.25, -0.2) is 0 Å². The fraction of sp³-hybridized carbons (Fsp3) is 0.625. The summed E-state index contributed by atoms with van der Waals surface area (Å²) in [6.45, 7) is 6.03. The Morgan fingerprint density at radius 3 is 2.58 bits per heavy atom. The zero-order valence-electron chi connectivity index (χ0n) is 13.9. The molecule has 0 aromatic heterocycles. The van der Waals surface area contributed by atoms with Crippen LogP contribution < -0.4 is 5.32 Å². The van der Waals surface area contributed by atoms with Crippen LogP contribution in [-0.4, -0.2) is 56.8 Å². The van der Waals surface area contributed by atoms with Gasteiger partial charge in [0.2, 0.25) is 0 Å². The van der Waals surface area contributed by atoms with Gasteiger partial charge in [-0.2, -0.15) is 8.42 Å². The molecule has 2 aliphatic rings. The molecule has 0 spiro atoms. The molecule has 5 atom stereocenters. The summed E-state index contributed by atoms with van der Waals surface area (Å²) in [4.78, 5) is 0.0359. The van der Waals surface area contributed by atoms with Crippen molar-refractivity contribution in [3.8, 4) is 0 Å². The molecule has 2 saturated heterocycles. The zero-order valence-corrected chi connectivity index (χ0v) is 14.7. The number of hydrogen-bond acceptors (Lipinski definition) is 7. The van der Waals surface area contributed by atoms with Gasteiger partial charge in [0.05, 0.1) is 17.5 Å². The van der Waals surface area contributed by atoms with Gasteiger partial charge in [-0.3, -0.25) is 4.18 Å². The summed E-state index contributed by atoms with van der Waals surface area (Å²) in [7, 11) is -4.03. The first-order chi connectivity index (χ1) is 11.3. The molecule has 24 heavy (non-hydrogen) atoms. The molecular weight excluding hydrogens is 334 g/mol. The fourth-order valence-electron chi connectivity index (χ4n) is 2.99. The van der Waals surface area contributed by atoms with Crippen molar-refractivity contribution in [1.82, 2.24) is 5.32 Å². The van der Waals surface area contributed by atoms with Crippen LogP contribution in [0.1, 0.15) is 19.4 Å². The Hall–Kier alpha value is -1.03. The number of benzene rings is 1. The molecule has 1 aromatic rings. The highest BCUT2D eigenvalue weighted by Crippen LogP contribution is 2.32. The van der Waals surface area contributed by atoms with E-state index in [9.17, 15) is 13.5 Å². The van der Waals surface area contributed by atoms with E-state index >= 15 is 0 Å². The molecule has 2 N–H and O–H groups in total. The summed E-state index contributed by atoms with van der Waals surface area (Å²) in [5.41, 5.74) is 0.943. The molecule has 0 saturated carbocycles. The number of nitrogens with one attached hydrogen (secondary N) is 1. The van der Waals surface area contributed by atoms with Crippen LogP contribution in [0, 0.1) is 6.92 Å². The van der Waals surface area contributed by atoms with Gasteiger partial charge < -0.3 is 19.9 Å². The van der Waals surface area contributed by atoms with Crippen molar-refractivity contribution in [2.75, 3.05) is 6.61 Å². The molecule has 0 unspecified atom stereocenters. The second-order valence-corrected chi connectivity index (χ2v) is 8.11.